The van der Waals surface area contributed by atoms with Crippen LogP contribution < -0.4 is 5.73 Å². The van der Waals surface area contributed by atoms with E-state index in [-0.39, 0.29) is 5.97 Å². The third kappa shape index (κ3) is 4.12. The van der Waals surface area contributed by atoms with Gasteiger partial charge in [-0.15, -0.1) is 0 Å². The number of rotatable bonds is 6. The van der Waals surface area contributed by atoms with Crippen molar-refractivity contribution in [3.8, 4) is 0 Å². The van der Waals surface area contributed by atoms with Gasteiger partial charge in [-0.25, -0.2) is 0 Å². The van der Waals surface area contributed by atoms with Gasteiger partial charge in [-0.05, 0) is 25.5 Å². The minimum absolute atomic E-state index is 0.187. The van der Waals surface area contributed by atoms with Crippen molar-refractivity contribution in [2.24, 2.45) is 5.73 Å². The van der Waals surface area contributed by atoms with E-state index in [1.165, 1.54) is 0 Å². The van der Waals surface area contributed by atoms with Crippen LogP contribution in [0.5, 0.6) is 0 Å². The van der Waals surface area contributed by atoms with E-state index >= 15 is 0 Å². The Morgan fingerprint density at radius 1 is 1.67 bits per heavy atom. The molecule has 0 aliphatic carbocycles. The predicted molar refractivity (Wildman–Crippen MR) is 56.2 cm³/mol. The van der Waals surface area contributed by atoms with Gasteiger partial charge in [-0.3, -0.25) is 9.48 Å². The van der Waals surface area contributed by atoms with Crippen molar-refractivity contribution >= 4 is 5.97 Å². The average Bonchev–Trinajstić information content (AvgIpc) is 2.64. The van der Waals surface area contributed by atoms with Crippen LogP contribution in [-0.2, 0) is 22.5 Å². The second-order valence-corrected chi connectivity index (χ2v) is 3.21. The topological polar surface area (TPSA) is 70.1 Å². The van der Waals surface area contributed by atoms with Crippen molar-refractivity contribution in [3.05, 3.63) is 18.0 Å². The van der Waals surface area contributed by atoms with Crippen molar-refractivity contribution in [3.63, 3.8) is 0 Å². The number of hydrogen-bond acceptors (Lipinski definition) is 4. The van der Waals surface area contributed by atoms with E-state index in [2.05, 4.69) is 5.10 Å². The number of aryl methyl sites for hydroxylation is 1. The zero-order chi connectivity index (χ0) is 11.1. The van der Waals surface area contributed by atoms with Crippen LogP contribution in [0.3, 0.4) is 0 Å². The van der Waals surface area contributed by atoms with Gasteiger partial charge in [0.2, 0.25) is 0 Å². The van der Waals surface area contributed by atoms with Crippen molar-refractivity contribution < 1.29 is 9.53 Å². The monoisotopic (exact) mass is 211 g/mol. The second kappa shape index (κ2) is 6.19. The van der Waals surface area contributed by atoms with Crippen molar-refractivity contribution in [2.45, 2.75) is 26.3 Å². The fraction of sp³-hybridized carbons (Fsp3) is 0.600. The van der Waals surface area contributed by atoms with Crippen molar-refractivity contribution in [2.75, 3.05) is 13.2 Å². The molecule has 0 fully saturated rings. The molecule has 0 radical (unpaired) electrons. The average molecular weight is 211 g/mol. The van der Waals surface area contributed by atoms with Crippen LogP contribution in [-0.4, -0.2) is 28.9 Å². The summed E-state index contributed by atoms with van der Waals surface area (Å²) in [6.07, 6.45) is 4.86. The maximum Gasteiger partial charge on any atom is 0.307 e. The summed E-state index contributed by atoms with van der Waals surface area (Å²) in [5.74, 6) is -0.187. The van der Waals surface area contributed by atoms with Gasteiger partial charge in [0.15, 0.2) is 0 Å². The van der Waals surface area contributed by atoms with Gasteiger partial charge in [0.1, 0.15) is 0 Å². The third-order valence-electron chi connectivity index (χ3n) is 1.97. The Labute approximate surface area is 89.2 Å². The lowest BCUT2D eigenvalue weighted by Crippen LogP contribution is -2.09. The second-order valence-electron chi connectivity index (χ2n) is 3.21. The molecule has 15 heavy (non-hydrogen) atoms. The van der Waals surface area contributed by atoms with Crippen LogP contribution in [0.25, 0.3) is 0 Å². The molecule has 1 aromatic heterocycles. The number of aromatic nitrogens is 2. The van der Waals surface area contributed by atoms with E-state index in [4.69, 9.17) is 10.5 Å². The standard InChI is InChI=1S/C10H17N3O2/c1-2-15-10(14)4-6-13-8-9(3-5-11)7-12-13/h7-8H,2-6,11H2,1H3. The highest BCUT2D eigenvalue weighted by Crippen LogP contribution is 1.99. The molecule has 5 nitrogen and oxygen atoms in total. The molecule has 0 aliphatic heterocycles. The lowest BCUT2D eigenvalue weighted by Gasteiger charge is -2.01. The summed E-state index contributed by atoms with van der Waals surface area (Å²) >= 11 is 0. The lowest BCUT2D eigenvalue weighted by atomic mass is 10.3. The Morgan fingerprint density at radius 2 is 2.47 bits per heavy atom. The van der Waals surface area contributed by atoms with Crippen LogP contribution >= 0.6 is 0 Å². The zero-order valence-corrected chi connectivity index (χ0v) is 8.98. The summed E-state index contributed by atoms with van der Waals surface area (Å²) < 4.78 is 6.56. The van der Waals surface area contributed by atoms with Crippen LogP contribution in [0.15, 0.2) is 12.4 Å². The molecule has 0 saturated carbocycles. The minimum atomic E-state index is -0.187. The maximum absolute atomic E-state index is 11.1. The van der Waals surface area contributed by atoms with Gasteiger partial charge < -0.3 is 10.5 Å². The Balaban J connectivity index is 2.34. The smallest absolute Gasteiger partial charge is 0.307 e. The van der Waals surface area contributed by atoms with Gasteiger partial charge in [0.25, 0.3) is 0 Å². The van der Waals surface area contributed by atoms with Crippen molar-refractivity contribution in [1.29, 1.82) is 0 Å². The third-order valence-corrected chi connectivity index (χ3v) is 1.97. The van der Waals surface area contributed by atoms with E-state index in [1.807, 2.05) is 6.20 Å². The highest BCUT2D eigenvalue weighted by atomic mass is 16.5. The first-order valence-electron chi connectivity index (χ1n) is 5.13. The molecular formula is C10H17N3O2. The molecule has 5 heteroatoms. The Morgan fingerprint density at radius 3 is 3.13 bits per heavy atom. The van der Waals surface area contributed by atoms with E-state index in [9.17, 15) is 4.79 Å². The highest BCUT2D eigenvalue weighted by Gasteiger charge is 2.03. The molecule has 0 amide bonds. The highest BCUT2D eigenvalue weighted by molar-refractivity contribution is 5.69. The van der Waals surface area contributed by atoms with E-state index < -0.39 is 0 Å². The maximum atomic E-state index is 11.1. The molecule has 0 aliphatic rings. The summed E-state index contributed by atoms with van der Waals surface area (Å²) in [6, 6.07) is 0. The first-order valence-corrected chi connectivity index (χ1v) is 5.13. The Hall–Kier alpha value is -1.36. The zero-order valence-electron chi connectivity index (χ0n) is 8.98. The molecule has 1 aromatic rings. The van der Waals surface area contributed by atoms with E-state index in [0.29, 0.717) is 26.1 Å². The number of carbonyl (C=O) groups excluding carboxylic acids is 1. The Bertz CT molecular complexity index is 309. The van der Waals surface area contributed by atoms with Crippen LogP contribution in [0.2, 0.25) is 0 Å². The molecule has 0 spiro atoms. The minimum Gasteiger partial charge on any atom is -0.466 e. The molecule has 0 unspecified atom stereocenters. The molecule has 0 aromatic carbocycles. The molecule has 2 N–H and O–H groups in total. The molecule has 0 atom stereocenters. The first kappa shape index (κ1) is 11.7. The Kier molecular flexibility index (Phi) is 4.83. The number of nitrogens with two attached hydrogens (primary N) is 1. The van der Waals surface area contributed by atoms with E-state index in [1.54, 1.807) is 17.8 Å². The van der Waals surface area contributed by atoms with Gasteiger partial charge in [0.05, 0.1) is 25.8 Å². The summed E-state index contributed by atoms with van der Waals surface area (Å²) in [6.45, 7) is 3.40. The normalized spacial score (nSPS) is 10.3. The molecular weight excluding hydrogens is 194 g/mol. The van der Waals surface area contributed by atoms with Gasteiger partial charge in [-0.1, -0.05) is 0 Å². The van der Waals surface area contributed by atoms with Crippen LogP contribution in [0.1, 0.15) is 18.9 Å². The van der Waals surface area contributed by atoms with Crippen LogP contribution in [0, 0.1) is 0 Å². The number of esters is 1. The van der Waals surface area contributed by atoms with Crippen molar-refractivity contribution in [1.82, 2.24) is 9.78 Å². The van der Waals surface area contributed by atoms with Crippen LogP contribution in [0.4, 0.5) is 0 Å². The molecule has 0 saturated heterocycles. The molecule has 1 rings (SSSR count). The number of nitrogens with zero attached hydrogens (tertiary/aromatic N) is 2. The van der Waals surface area contributed by atoms with E-state index in [0.717, 1.165) is 12.0 Å². The van der Waals surface area contributed by atoms with Gasteiger partial charge in [0, 0.05) is 6.20 Å². The summed E-state index contributed by atoms with van der Waals surface area (Å²) in [5, 5.41) is 4.12. The lowest BCUT2D eigenvalue weighted by molar-refractivity contribution is -0.143. The fourth-order valence-electron chi connectivity index (χ4n) is 1.26. The van der Waals surface area contributed by atoms with Gasteiger partial charge in [-0.2, -0.15) is 5.10 Å². The largest absolute Gasteiger partial charge is 0.466 e. The number of hydrogen-bond donors (Lipinski definition) is 1. The molecule has 0 bridgehead atoms. The first-order chi connectivity index (χ1) is 7.26. The number of ether oxygens (including phenoxy) is 1. The SMILES string of the molecule is CCOC(=O)CCn1cc(CCN)cn1. The summed E-state index contributed by atoms with van der Waals surface area (Å²) in [7, 11) is 0. The number of carbonyl (C=O) groups is 1. The molecule has 84 valence electrons. The quantitative estimate of drug-likeness (QED) is 0.689. The summed E-state index contributed by atoms with van der Waals surface area (Å²) in [4.78, 5) is 11.1. The predicted octanol–water partition coefficient (Wildman–Crippen LogP) is 0.338. The summed E-state index contributed by atoms with van der Waals surface area (Å²) in [5.41, 5.74) is 6.52. The molecule has 1 heterocycles. The van der Waals surface area contributed by atoms with Gasteiger partial charge >= 0.3 is 5.97 Å². The fourth-order valence-corrected chi connectivity index (χ4v) is 1.26.